The van der Waals surface area contributed by atoms with Gasteiger partial charge in [0.1, 0.15) is 0 Å². The minimum atomic E-state index is -0.155. The minimum absolute atomic E-state index is 0.155. The lowest BCUT2D eigenvalue weighted by Crippen LogP contribution is -2.30. The molecule has 0 bridgehead atoms. The van der Waals surface area contributed by atoms with E-state index in [1.54, 1.807) is 17.3 Å². The van der Waals surface area contributed by atoms with Crippen molar-refractivity contribution in [2.24, 2.45) is 0 Å². The molecule has 4 aromatic rings. The van der Waals surface area contributed by atoms with Gasteiger partial charge in [-0.2, -0.15) is 5.10 Å². The molecule has 0 fully saturated rings. The van der Waals surface area contributed by atoms with Crippen LogP contribution in [-0.4, -0.2) is 25.7 Å². The third-order valence-electron chi connectivity index (χ3n) is 5.11. The summed E-state index contributed by atoms with van der Waals surface area (Å²) >= 11 is 1.53. The Kier molecular flexibility index (Phi) is 5.15. The van der Waals surface area contributed by atoms with E-state index in [1.165, 1.54) is 16.9 Å². The number of hydrogen-bond donors (Lipinski definition) is 0. The summed E-state index contributed by atoms with van der Waals surface area (Å²) in [6.07, 6.45) is 3.50. The monoisotopic (exact) mass is 405 g/mol. The maximum absolute atomic E-state index is 13.5. The number of aryl methyl sites for hydroxylation is 4. The molecular weight excluding hydrogens is 382 g/mol. The van der Waals surface area contributed by atoms with Crippen molar-refractivity contribution >= 4 is 32.6 Å². The highest BCUT2D eigenvalue weighted by Crippen LogP contribution is 2.33. The van der Waals surface area contributed by atoms with Gasteiger partial charge in [-0.25, -0.2) is 4.98 Å². The summed E-state index contributed by atoms with van der Waals surface area (Å²) in [4.78, 5) is 24.2. The van der Waals surface area contributed by atoms with Gasteiger partial charge in [0.05, 0.1) is 16.8 Å². The summed E-state index contributed by atoms with van der Waals surface area (Å²) in [5.74, 6) is -0.155. The Morgan fingerprint density at radius 1 is 1.21 bits per heavy atom. The van der Waals surface area contributed by atoms with Crippen molar-refractivity contribution in [3.05, 3.63) is 70.8 Å². The summed E-state index contributed by atoms with van der Waals surface area (Å²) < 4.78 is 2.91. The number of amides is 1. The first-order valence-corrected chi connectivity index (χ1v) is 10.4. The third-order valence-corrected chi connectivity index (χ3v) is 6.16. The van der Waals surface area contributed by atoms with E-state index in [-0.39, 0.29) is 5.91 Å². The van der Waals surface area contributed by atoms with E-state index < -0.39 is 0 Å². The Morgan fingerprint density at radius 3 is 2.72 bits per heavy atom. The molecule has 0 saturated carbocycles. The van der Waals surface area contributed by atoms with Gasteiger partial charge in [0.15, 0.2) is 10.8 Å². The highest BCUT2D eigenvalue weighted by molar-refractivity contribution is 7.22. The van der Waals surface area contributed by atoms with E-state index in [2.05, 4.69) is 36.1 Å². The standard InChI is InChI=1S/C22H23N5OS/c1-5-27-15(3)11-18(25-27)21(28)26(13-17-7-6-10-23-12-17)22-24-20-16(4)14(2)8-9-19(20)29-22/h6-12H,5,13H2,1-4H3. The molecule has 0 atom stereocenters. The van der Waals surface area contributed by atoms with Crippen LogP contribution in [0.1, 0.15) is 39.8 Å². The average molecular weight is 406 g/mol. The van der Waals surface area contributed by atoms with Gasteiger partial charge >= 0.3 is 0 Å². The second-order valence-corrected chi connectivity index (χ2v) is 8.10. The molecule has 3 aromatic heterocycles. The van der Waals surface area contributed by atoms with Crippen molar-refractivity contribution in [3.63, 3.8) is 0 Å². The summed E-state index contributed by atoms with van der Waals surface area (Å²) in [6.45, 7) is 9.24. The average Bonchev–Trinajstić information content (AvgIpc) is 3.33. The fourth-order valence-electron chi connectivity index (χ4n) is 3.30. The van der Waals surface area contributed by atoms with Crippen LogP contribution in [0, 0.1) is 20.8 Å². The zero-order valence-electron chi connectivity index (χ0n) is 17.0. The van der Waals surface area contributed by atoms with Crippen LogP contribution in [0.4, 0.5) is 5.13 Å². The van der Waals surface area contributed by atoms with Crippen LogP contribution in [0.3, 0.4) is 0 Å². The topological polar surface area (TPSA) is 63.9 Å². The molecular formula is C22H23N5OS. The molecule has 7 heteroatoms. The number of nitrogens with zero attached hydrogens (tertiary/aromatic N) is 5. The summed E-state index contributed by atoms with van der Waals surface area (Å²) in [5.41, 5.74) is 5.62. The Bertz CT molecular complexity index is 1180. The van der Waals surface area contributed by atoms with Gasteiger partial charge in [-0.15, -0.1) is 0 Å². The molecule has 0 N–H and O–H groups in total. The molecule has 0 spiro atoms. The van der Waals surface area contributed by atoms with E-state index in [4.69, 9.17) is 4.98 Å². The third kappa shape index (κ3) is 3.65. The van der Waals surface area contributed by atoms with Crippen LogP contribution < -0.4 is 4.90 Å². The van der Waals surface area contributed by atoms with Crippen molar-refractivity contribution in [2.45, 2.75) is 40.8 Å². The van der Waals surface area contributed by atoms with Crippen molar-refractivity contribution < 1.29 is 4.79 Å². The van der Waals surface area contributed by atoms with Gasteiger partial charge in [0.25, 0.3) is 5.91 Å². The fraction of sp³-hybridized carbons (Fsp3) is 0.273. The van der Waals surface area contributed by atoms with Crippen molar-refractivity contribution in [3.8, 4) is 0 Å². The number of rotatable bonds is 5. The Labute approximate surface area is 173 Å². The van der Waals surface area contributed by atoms with Crippen LogP contribution in [0.15, 0.2) is 42.7 Å². The zero-order valence-corrected chi connectivity index (χ0v) is 17.8. The molecule has 29 heavy (non-hydrogen) atoms. The highest BCUT2D eigenvalue weighted by Gasteiger charge is 2.25. The minimum Gasteiger partial charge on any atom is -0.278 e. The van der Waals surface area contributed by atoms with E-state index in [0.717, 1.165) is 33.6 Å². The largest absolute Gasteiger partial charge is 0.280 e. The second kappa shape index (κ2) is 7.75. The quantitative estimate of drug-likeness (QED) is 0.484. The van der Waals surface area contributed by atoms with Gasteiger partial charge in [-0.1, -0.05) is 23.5 Å². The van der Waals surface area contributed by atoms with Gasteiger partial charge in [0.2, 0.25) is 0 Å². The van der Waals surface area contributed by atoms with Crippen LogP contribution in [-0.2, 0) is 13.1 Å². The lowest BCUT2D eigenvalue weighted by atomic mass is 10.1. The van der Waals surface area contributed by atoms with E-state index in [1.807, 2.05) is 36.7 Å². The lowest BCUT2D eigenvalue weighted by Gasteiger charge is -2.18. The van der Waals surface area contributed by atoms with E-state index in [0.29, 0.717) is 17.4 Å². The maximum Gasteiger partial charge on any atom is 0.280 e. The van der Waals surface area contributed by atoms with Crippen LogP contribution in [0.5, 0.6) is 0 Å². The van der Waals surface area contributed by atoms with Gasteiger partial charge in [0, 0.05) is 24.6 Å². The van der Waals surface area contributed by atoms with Crippen molar-refractivity contribution in [2.75, 3.05) is 4.90 Å². The first-order chi connectivity index (χ1) is 14.0. The number of aromatic nitrogens is 4. The second-order valence-electron chi connectivity index (χ2n) is 7.09. The van der Waals surface area contributed by atoms with Crippen molar-refractivity contribution in [1.29, 1.82) is 0 Å². The zero-order chi connectivity index (χ0) is 20.5. The van der Waals surface area contributed by atoms with Gasteiger partial charge in [-0.05, 0) is 62.6 Å². The van der Waals surface area contributed by atoms with Gasteiger partial charge < -0.3 is 0 Å². The summed E-state index contributed by atoms with van der Waals surface area (Å²) in [7, 11) is 0. The molecule has 6 nitrogen and oxygen atoms in total. The number of thiazole rings is 1. The molecule has 0 aliphatic rings. The van der Waals surface area contributed by atoms with Crippen LogP contribution in [0.2, 0.25) is 0 Å². The summed E-state index contributed by atoms with van der Waals surface area (Å²) in [5, 5.41) is 5.16. The SMILES string of the molecule is CCn1nc(C(=O)N(Cc2cccnc2)c2nc3c(C)c(C)ccc3s2)cc1C. The summed E-state index contributed by atoms with van der Waals surface area (Å²) in [6, 6.07) is 9.84. The van der Waals surface area contributed by atoms with E-state index >= 15 is 0 Å². The number of carbonyl (C=O) groups is 1. The molecule has 0 unspecified atom stereocenters. The number of hydrogen-bond acceptors (Lipinski definition) is 5. The molecule has 0 aliphatic carbocycles. The predicted octanol–water partition coefficient (Wildman–Crippen LogP) is 4.68. The van der Waals surface area contributed by atoms with Crippen LogP contribution >= 0.6 is 11.3 Å². The molecule has 1 aromatic carbocycles. The Balaban J connectivity index is 1.79. The normalized spacial score (nSPS) is 11.2. The number of pyridine rings is 1. The maximum atomic E-state index is 13.5. The first kappa shape index (κ1) is 19.3. The number of fused-ring (bicyclic) bond motifs is 1. The molecule has 0 saturated heterocycles. The smallest absolute Gasteiger partial charge is 0.278 e. The Morgan fingerprint density at radius 2 is 2.03 bits per heavy atom. The van der Waals surface area contributed by atoms with Crippen molar-refractivity contribution in [1.82, 2.24) is 19.7 Å². The molecule has 4 rings (SSSR count). The molecule has 148 valence electrons. The van der Waals surface area contributed by atoms with Gasteiger partial charge in [-0.3, -0.25) is 19.4 Å². The van der Waals surface area contributed by atoms with E-state index in [9.17, 15) is 4.79 Å². The number of anilines is 1. The highest BCUT2D eigenvalue weighted by atomic mass is 32.1. The van der Waals surface area contributed by atoms with Crippen LogP contribution in [0.25, 0.3) is 10.2 Å². The number of carbonyl (C=O) groups excluding carboxylic acids is 1. The predicted molar refractivity (Wildman–Crippen MR) is 116 cm³/mol. The molecule has 1 amide bonds. The molecule has 3 heterocycles. The molecule has 0 aliphatic heterocycles. The fourth-order valence-corrected chi connectivity index (χ4v) is 4.33. The number of benzene rings is 1. The first-order valence-electron chi connectivity index (χ1n) is 9.60. The molecule has 0 radical (unpaired) electrons. The Hall–Kier alpha value is -3.06. The lowest BCUT2D eigenvalue weighted by molar-refractivity contribution is 0.0979.